The molecule has 4 rings (SSSR count). The summed E-state index contributed by atoms with van der Waals surface area (Å²) in [6.45, 7) is 0. The zero-order chi connectivity index (χ0) is 12.7. The van der Waals surface area contributed by atoms with Gasteiger partial charge in [0, 0.05) is 11.8 Å². The molecule has 0 bridgehead atoms. The maximum absolute atomic E-state index is 4.33. The lowest BCUT2D eigenvalue weighted by atomic mass is 9.96. The third-order valence-corrected chi connectivity index (χ3v) is 3.45. The number of nitrogens with one attached hydrogen (secondary N) is 1. The van der Waals surface area contributed by atoms with Crippen molar-refractivity contribution in [2.45, 2.75) is 0 Å². The Balaban J connectivity index is 2.06. The van der Waals surface area contributed by atoms with Crippen LogP contribution in [0.3, 0.4) is 0 Å². The van der Waals surface area contributed by atoms with Crippen LogP contribution in [0.15, 0.2) is 40.6 Å². The average Bonchev–Trinajstić information content (AvgIpc) is 2.98. The van der Waals surface area contributed by atoms with Gasteiger partial charge in [0.15, 0.2) is 0 Å². The van der Waals surface area contributed by atoms with E-state index >= 15 is 0 Å². The number of allylic oxidation sites excluding steroid dienone is 4. The van der Waals surface area contributed by atoms with E-state index in [-0.39, 0.29) is 0 Å². The molecule has 90 valence electrons. The van der Waals surface area contributed by atoms with Crippen molar-refractivity contribution in [1.29, 1.82) is 0 Å². The van der Waals surface area contributed by atoms with E-state index in [1.807, 2.05) is 12.2 Å². The molecule has 3 aliphatic rings. The maximum Gasteiger partial charge on any atom is 0.0935 e. The molecule has 0 radical (unpaired) electrons. The van der Waals surface area contributed by atoms with E-state index in [4.69, 9.17) is 0 Å². The van der Waals surface area contributed by atoms with Crippen LogP contribution in [0, 0.1) is 0 Å². The molecule has 0 spiro atoms. The normalized spacial score (nSPS) is 17.2. The van der Waals surface area contributed by atoms with Crippen molar-refractivity contribution in [2.75, 3.05) is 0 Å². The highest BCUT2D eigenvalue weighted by molar-refractivity contribution is 6.13. The molecule has 1 aliphatic heterocycles. The van der Waals surface area contributed by atoms with Crippen LogP contribution in [-0.4, -0.2) is 11.9 Å². The fourth-order valence-corrected chi connectivity index (χ4v) is 2.63. The molecule has 0 unspecified atom stereocenters. The molecule has 0 atom stereocenters. The Morgan fingerprint density at radius 2 is 1.89 bits per heavy atom. The van der Waals surface area contributed by atoms with Gasteiger partial charge in [-0.05, 0) is 39.8 Å². The predicted molar refractivity (Wildman–Crippen MR) is 80.0 cm³/mol. The van der Waals surface area contributed by atoms with Gasteiger partial charge in [0.05, 0.1) is 5.71 Å². The van der Waals surface area contributed by atoms with Crippen LogP contribution in [0.25, 0.3) is 24.3 Å². The van der Waals surface area contributed by atoms with E-state index in [1.165, 1.54) is 21.6 Å². The van der Waals surface area contributed by atoms with Gasteiger partial charge in [-0.15, -0.1) is 0 Å². The summed E-state index contributed by atoms with van der Waals surface area (Å²) >= 11 is 0. The molecule has 0 amide bonds. The Morgan fingerprint density at radius 3 is 2.89 bits per heavy atom. The van der Waals surface area contributed by atoms with Crippen LogP contribution in [0.5, 0.6) is 0 Å². The molecule has 0 aromatic heterocycles. The molecule has 0 fully saturated rings. The number of rotatable bonds is 1. The van der Waals surface area contributed by atoms with Gasteiger partial charge in [-0.1, -0.05) is 36.5 Å². The van der Waals surface area contributed by atoms with Gasteiger partial charge < -0.3 is 0 Å². The molecule has 3 heteroatoms. The van der Waals surface area contributed by atoms with E-state index in [9.17, 15) is 0 Å². The summed E-state index contributed by atoms with van der Waals surface area (Å²) in [5, 5.41) is 10.7. The summed E-state index contributed by atoms with van der Waals surface area (Å²) in [6, 6.07) is 2.22. The van der Waals surface area contributed by atoms with Crippen molar-refractivity contribution in [3.05, 3.63) is 57.5 Å². The van der Waals surface area contributed by atoms with Crippen LogP contribution >= 0.6 is 0 Å². The Labute approximate surface area is 110 Å². The highest BCUT2D eigenvalue weighted by Gasteiger charge is 2.15. The molecule has 0 saturated heterocycles. The number of hydrazone groups is 2. The fourth-order valence-electron chi connectivity index (χ4n) is 2.63. The van der Waals surface area contributed by atoms with E-state index in [0.717, 1.165) is 11.3 Å². The summed E-state index contributed by atoms with van der Waals surface area (Å²) in [4.78, 5) is 0. The minimum atomic E-state index is 0.908. The molecule has 3 nitrogen and oxygen atoms in total. The number of fused-ring (bicyclic) bond motifs is 2. The van der Waals surface area contributed by atoms with Crippen molar-refractivity contribution in [1.82, 2.24) is 5.53 Å². The van der Waals surface area contributed by atoms with Gasteiger partial charge in [0.25, 0.3) is 0 Å². The van der Waals surface area contributed by atoms with Crippen molar-refractivity contribution in [2.24, 2.45) is 10.2 Å². The first-order valence-corrected chi connectivity index (χ1v) is 6.20. The highest BCUT2D eigenvalue weighted by atomic mass is 15.5. The molecule has 1 N–H and O–H groups in total. The third kappa shape index (κ3) is 1.52. The van der Waals surface area contributed by atoms with E-state index in [1.54, 1.807) is 6.21 Å². The first-order valence-electron chi connectivity index (χ1n) is 6.20. The zero-order valence-electron chi connectivity index (χ0n) is 10.2. The second-order valence-corrected chi connectivity index (χ2v) is 4.54. The summed E-state index contributed by atoms with van der Waals surface area (Å²) in [5.41, 5.74) is 7.25. The Kier molecular flexibility index (Phi) is 2.12. The molecule has 1 aromatic rings. The minimum absolute atomic E-state index is 0.908. The summed E-state index contributed by atoms with van der Waals surface area (Å²) in [6.07, 6.45) is 18.3. The van der Waals surface area contributed by atoms with Crippen LogP contribution < -0.4 is 16.0 Å². The van der Waals surface area contributed by atoms with Gasteiger partial charge in [-0.3, -0.25) is 0 Å². The highest BCUT2D eigenvalue weighted by Crippen LogP contribution is 2.14. The minimum Gasteiger partial charge on any atom is -0.198 e. The average molecular weight is 245 g/mol. The monoisotopic (exact) mass is 245 g/mol. The smallest absolute Gasteiger partial charge is 0.0935 e. The van der Waals surface area contributed by atoms with Crippen molar-refractivity contribution < 1.29 is 0 Å². The number of hydrogen-bond acceptors (Lipinski definition) is 3. The topological polar surface area (TPSA) is 36.8 Å². The largest absolute Gasteiger partial charge is 0.198 e. The van der Waals surface area contributed by atoms with Gasteiger partial charge in [0.2, 0.25) is 0 Å². The summed E-state index contributed by atoms with van der Waals surface area (Å²) in [7, 11) is 0. The molecule has 19 heavy (non-hydrogen) atoms. The lowest BCUT2D eigenvalue weighted by Crippen LogP contribution is -2.24. The van der Waals surface area contributed by atoms with Crippen LogP contribution in [0.4, 0.5) is 0 Å². The summed E-state index contributed by atoms with van der Waals surface area (Å²) in [5.74, 6) is 0. The van der Waals surface area contributed by atoms with Crippen molar-refractivity contribution in [3.63, 3.8) is 0 Å². The number of benzene rings is 1. The Hall–Kier alpha value is -2.68. The van der Waals surface area contributed by atoms with Crippen LogP contribution in [0.2, 0.25) is 0 Å². The standard InChI is InChI=1S/C16H11N3/c1-4-11-10-12-5-2-7-14(12)16(13(11)6-1)15-8-3-9-17-19-18-15/h1-10,19H. The van der Waals surface area contributed by atoms with Gasteiger partial charge >= 0.3 is 0 Å². The van der Waals surface area contributed by atoms with E-state index in [0.29, 0.717) is 0 Å². The summed E-state index contributed by atoms with van der Waals surface area (Å²) < 4.78 is 0. The lowest BCUT2D eigenvalue weighted by Gasteiger charge is -2.08. The van der Waals surface area contributed by atoms with Gasteiger partial charge in [-0.2, -0.15) is 15.7 Å². The van der Waals surface area contributed by atoms with Gasteiger partial charge in [0.1, 0.15) is 0 Å². The second kappa shape index (κ2) is 3.92. The van der Waals surface area contributed by atoms with Crippen LogP contribution in [-0.2, 0) is 0 Å². The fraction of sp³-hybridized carbons (Fsp3) is 0. The molecular weight excluding hydrogens is 234 g/mol. The molecule has 1 aromatic carbocycles. The molecule has 1 heterocycles. The first-order chi connectivity index (χ1) is 9.43. The number of nitrogens with zero attached hydrogens (tertiary/aromatic N) is 2. The van der Waals surface area contributed by atoms with E-state index in [2.05, 4.69) is 58.3 Å². The number of hydrogen-bond donors (Lipinski definition) is 1. The Morgan fingerprint density at radius 1 is 0.947 bits per heavy atom. The van der Waals surface area contributed by atoms with Crippen molar-refractivity contribution >= 4 is 36.2 Å². The molecule has 2 aliphatic carbocycles. The molecular formula is C16H11N3. The maximum atomic E-state index is 4.33. The predicted octanol–water partition coefficient (Wildman–Crippen LogP) is 1.15. The second-order valence-electron chi connectivity index (χ2n) is 4.54. The Bertz CT molecular complexity index is 834. The van der Waals surface area contributed by atoms with Crippen LogP contribution in [0.1, 0.15) is 16.7 Å². The lowest BCUT2D eigenvalue weighted by molar-refractivity contribution is 0.817. The molecule has 0 saturated carbocycles. The van der Waals surface area contributed by atoms with Crippen molar-refractivity contribution in [3.8, 4) is 0 Å². The van der Waals surface area contributed by atoms with E-state index < -0.39 is 0 Å². The van der Waals surface area contributed by atoms with Gasteiger partial charge in [-0.25, -0.2) is 0 Å². The SMILES string of the molecule is C1=CC(c2c3c(cc4c2=CC=C4)=CC=C3)=NNN=C1. The third-order valence-electron chi connectivity index (χ3n) is 3.45. The quantitative estimate of drug-likeness (QED) is 0.791. The zero-order valence-corrected chi connectivity index (χ0v) is 10.2. The first kappa shape index (κ1) is 10.3.